The molecule has 0 bridgehead atoms. The van der Waals surface area contributed by atoms with E-state index in [1.165, 1.54) is 0 Å². The van der Waals surface area contributed by atoms with E-state index >= 15 is 0 Å². The summed E-state index contributed by atoms with van der Waals surface area (Å²) >= 11 is 0. The predicted molar refractivity (Wildman–Crippen MR) is 83.4 cm³/mol. The van der Waals surface area contributed by atoms with Gasteiger partial charge in [-0.25, -0.2) is 22.0 Å². The molecule has 1 aromatic carbocycles. The molecular formula is C14H13F2N3O5S. The van der Waals surface area contributed by atoms with Crippen LogP contribution < -0.4 is 15.5 Å². The van der Waals surface area contributed by atoms with Crippen LogP contribution in [0.25, 0.3) is 0 Å². The van der Waals surface area contributed by atoms with E-state index in [1.807, 2.05) is 0 Å². The van der Waals surface area contributed by atoms with E-state index in [4.69, 9.17) is 10.5 Å². The molecule has 1 fully saturated rings. The molecule has 0 spiro atoms. The van der Waals surface area contributed by atoms with E-state index < -0.39 is 45.3 Å². The summed E-state index contributed by atoms with van der Waals surface area (Å²) < 4.78 is 56.2. The third-order valence-electron chi connectivity index (χ3n) is 3.79. The van der Waals surface area contributed by atoms with Gasteiger partial charge < -0.3 is 15.4 Å². The first kappa shape index (κ1) is 17.1. The van der Waals surface area contributed by atoms with E-state index in [0.717, 1.165) is 33.5 Å². The molecule has 2 heterocycles. The highest BCUT2D eigenvalue weighted by atomic mass is 32.2. The van der Waals surface area contributed by atoms with E-state index in [0.29, 0.717) is 0 Å². The van der Waals surface area contributed by atoms with E-state index in [9.17, 15) is 26.8 Å². The minimum absolute atomic E-state index is 0.110. The number of amides is 2. The standard InChI is InChI=1S/C14H13F2N3O5S/c15-9-5-8(19-7-11(13(17)20)24-14(19)21)6-10(16)12(9)18-1-3-25(22,23)4-2-18/h1,3,5-6,11H,2,4,7H2,(H2,17,20). The number of anilines is 2. The van der Waals surface area contributed by atoms with Crippen molar-refractivity contribution in [3.8, 4) is 0 Å². The average Bonchev–Trinajstić information content (AvgIpc) is 2.90. The van der Waals surface area contributed by atoms with Crippen molar-refractivity contribution in [1.29, 1.82) is 0 Å². The Morgan fingerprint density at radius 1 is 1.28 bits per heavy atom. The first-order valence-electron chi connectivity index (χ1n) is 7.12. The summed E-state index contributed by atoms with van der Waals surface area (Å²) in [5.74, 6) is -3.13. The zero-order chi connectivity index (χ0) is 18.4. The number of nitrogens with zero attached hydrogens (tertiary/aromatic N) is 2. The lowest BCUT2D eigenvalue weighted by Crippen LogP contribution is -2.33. The fourth-order valence-corrected chi connectivity index (χ4v) is 3.44. The molecule has 2 aliphatic rings. The maximum atomic E-state index is 14.4. The Labute approximate surface area is 141 Å². The van der Waals surface area contributed by atoms with E-state index in [2.05, 4.69) is 0 Å². The summed E-state index contributed by atoms with van der Waals surface area (Å²) in [6.45, 7) is -0.365. The highest BCUT2D eigenvalue weighted by Gasteiger charge is 2.36. The van der Waals surface area contributed by atoms with Gasteiger partial charge in [-0.3, -0.25) is 9.69 Å². The van der Waals surface area contributed by atoms with Crippen molar-refractivity contribution in [2.45, 2.75) is 6.10 Å². The smallest absolute Gasteiger partial charge is 0.415 e. The molecule has 1 saturated heterocycles. The van der Waals surface area contributed by atoms with Crippen LogP contribution in [0.5, 0.6) is 0 Å². The number of benzene rings is 1. The van der Waals surface area contributed by atoms with Crippen molar-refractivity contribution >= 4 is 33.2 Å². The van der Waals surface area contributed by atoms with Crippen LogP contribution in [0.2, 0.25) is 0 Å². The highest BCUT2D eigenvalue weighted by molar-refractivity contribution is 7.94. The summed E-state index contributed by atoms with van der Waals surface area (Å²) in [6, 6.07) is 1.81. The van der Waals surface area contributed by atoms with Crippen LogP contribution in [0.3, 0.4) is 0 Å². The van der Waals surface area contributed by atoms with Crippen molar-refractivity contribution < 1.29 is 31.5 Å². The number of rotatable bonds is 3. The van der Waals surface area contributed by atoms with Crippen LogP contribution in [0, 0.1) is 11.6 Å². The molecule has 2 amide bonds. The normalized spacial score (nSPS) is 22.2. The topological polar surface area (TPSA) is 110 Å². The third-order valence-corrected chi connectivity index (χ3v) is 5.08. The van der Waals surface area contributed by atoms with Gasteiger partial charge in [-0.15, -0.1) is 0 Å². The van der Waals surface area contributed by atoms with Crippen LogP contribution in [0.1, 0.15) is 0 Å². The van der Waals surface area contributed by atoms with Crippen LogP contribution in [-0.4, -0.2) is 45.4 Å². The molecule has 0 aliphatic carbocycles. The van der Waals surface area contributed by atoms with Gasteiger partial charge in [0, 0.05) is 30.3 Å². The summed E-state index contributed by atoms with van der Waals surface area (Å²) in [5.41, 5.74) is 4.48. The lowest BCUT2D eigenvalue weighted by atomic mass is 10.2. The van der Waals surface area contributed by atoms with Crippen molar-refractivity contribution in [2.75, 3.05) is 28.6 Å². The lowest BCUT2D eigenvalue weighted by molar-refractivity contribution is -0.124. The Morgan fingerprint density at radius 2 is 1.92 bits per heavy atom. The summed E-state index contributed by atoms with van der Waals surface area (Å²) in [5, 5.41) is 0.874. The molecule has 11 heteroatoms. The Bertz CT molecular complexity index is 863. The average molecular weight is 373 g/mol. The Balaban J connectivity index is 1.91. The molecule has 0 radical (unpaired) electrons. The molecule has 1 aromatic rings. The van der Waals surface area contributed by atoms with Gasteiger partial charge >= 0.3 is 6.09 Å². The number of cyclic esters (lactones) is 1. The molecule has 25 heavy (non-hydrogen) atoms. The number of ether oxygens (including phenoxy) is 1. The number of primary amides is 1. The van der Waals surface area contributed by atoms with Gasteiger partial charge in [0.05, 0.1) is 18.0 Å². The molecule has 3 rings (SSSR count). The van der Waals surface area contributed by atoms with Gasteiger partial charge in [0.2, 0.25) is 0 Å². The Kier molecular flexibility index (Phi) is 4.11. The maximum Gasteiger partial charge on any atom is 0.415 e. The van der Waals surface area contributed by atoms with Crippen molar-refractivity contribution in [2.24, 2.45) is 5.73 Å². The molecule has 2 aliphatic heterocycles. The number of carbonyl (C=O) groups excluding carboxylic acids is 2. The second kappa shape index (κ2) is 5.99. The number of sulfone groups is 1. The molecule has 1 unspecified atom stereocenters. The minimum Gasteiger partial charge on any atom is -0.434 e. The van der Waals surface area contributed by atoms with Gasteiger partial charge in [-0.2, -0.15) is 0 Å². The quantitative estimate of drug-likeness (QED) is 0.825. The molecule has 2 N–H and O–H groups in total. The van der Waals surface area contributed by atoms with Crippen LogP contribution >= 0.6 is 0 Å². The van der Waals surface area contributed by atoms with E-state index in [-0.39, 0.29) is 24.5 Å². The zero-order valence-corrected chi connectivity index (χ0v) is 13.5. The monoisotopic (exact) mass is 373 g/mol. The number of hydrogen-bond acceptors (Lipinski definition) is 6. The fourth-order valence-electron chi connectivity index (χ4n) is 2.52. The van der Waals surface area contributed by atoms with Crippen molar-refractivity contribution in [3.05, 3.63) is 35.4 Å². The SMILES string of the molecule is NC(=O)C1CN(c2cc(F)c(N3C=CS(=O)(=O)CC3)c(F)c2)C(=O)O1. The minimum atomic E-state index is -3.37. The molecule has 1 atom stereocenters. The summed E-state index contributed by atoms with van der Waals surface area (Å²) in [4.78, 5) is 24.8. The number of nitrogens with two attached hydrogens (primary N) is 1. The van der Waals surface area contributed by atoms with Crippen LogP contribution in [0.4, 0.5) is 25.0 Å². The van der Waals surface area contributed by atoms with Gasteiger partial charge in [0.25, 0.3) is 5.91 Å². The van der Waals surface area contributed by atoms with Gasteiger partial charge in [-0.1, -0.05) is 0 Å². The summed E-state index contributed by atoms with van der Waals surface area (Å²) in [7, 11) is -3.37. The molecular weight excluding hydrogens is 360 g/mol. The molecule has 0 saturated carbocycles. The molecule has 8 nitrogen and oxygen atoms in total. The molecule has 0 aromatic heterocycles. The number of halogens is 2. The predicted octanol–water partition coefficient (Wildman–Crippen LogP) is 0.481. The van der Waals surface area contributed by atoms with Gasteiger partial charge in [0.15, 0.2) is 27.6 Å². The van der Waals surface area contributed by atoms with Gasteiger partial charge in [0.1, 0.15) is 5.69 Å². The third kappa shape index (κ3) is 3.27. The lowest BCUT2D eigenvalue weighted by Gasteiger charge is -2.25. The summed E-state index contributed by atoms with van der Waals surface area (Å²) in [6.07, 6.45) is -1.07. The fraction of sp³-hybridized carbons (Fsp3) is 0.286. The first-order chi connectivity index (χ1) is 11.7. The zero-order valence-electron chi connectivity index (χ0n) is 12.7. The second-order valence-electron chi connectivity index (χ2n) is 5.49. The largest absolute Gasteiger partial charge is 0.434 e. The van der Waals surface area contributed by atoms with Crippen LogP contribution in [-0.2, 0) is 19.4 Å². The Morgan fingerprint density at radius 3 is 2.40 bits per heavy atom. The highest BCUT2D eigenvalue weighted by Crippen LogP contribution is 2.32. The van der Waals surface area contributed by atoms with Crippen molar-refractivity contribution in [3.63, 3.8) is 0 Å². The maximum absolute atomic E-state index is 14.4. The van der Waals surface area contributed by atoms with Gasteiger partial charge in [-0.05, 0) is 0 Å². The Hall–Kier alpha value is -2.69. The van der Waals surface area contributed by atoms with Crippen molar-refractivity contribution in [1.82, 2.24) is 0 Å². The van der Waals surface area contributed by atoms with Crippen LogP contribution in [0.15, 0.2) is 23.7 Å². The second-order valence-corrected chi connectivity index (χ2v) is 7.50. The van der Waals surface area contributed by atoms with E-state index in [1.54, 1.807) is 0 Å². The first-order valence-corrected chi connectivity index (χ1v) is 8.83. The number of hydrogen-bond donors (Lipinski definition) is 1. The number of carbonyl (C=O) groups is 2. The molecule has 134 valence electrons.